The normalized spacial score (nSPS) is 21.8. The van der Waals surface area contributed by atoms with E-state index in [1.165, 1.54) is 11.1 Å². The molecule has 1 saturated heterocycles. The molecule has 186 valence electrons. The van der Waals surface area contributed by atoms with Crippen molar-refractivity contribution in [2.75, 3.05) is 19.7 Å². The average Bonchev–Trinajstić information content (AvgIpc) is 3.33. The lowest BCUT2D eigenvalue weighted by atomic mass is 9.81. The van der Waals surface area contributed by atoms with Gasteiger partial charge in [0.25, 0.3) is 0 Å². The first-order valence-corrected chi connectivity index (χ1v) is 12.4. The Morgan fingerprint density at radius 2 is 1.71 bits per heavy atom. The highest BCUT2D eigenvalue weighted by atomic mass is 16.5. The molecule has 0 spiro atoms. The van der Waals surface area contributed by atoms with Gasteiger partial charge in [-0.3, -0.25) is 9.59 Å². The van der Waals surface area contributed by atoms with Crippen molar-refractivity contribution in [3.63, 3.8) is 0 Å². The quantitative estimate of drug-likeness (QED) is 0.576. The van der Waals surface area contributed by atoms with Gasteiger partial charge in [0.05, 0.1) is 5.41 Å². The van der Waals surface area contributed by atoms with Gasteiger partial charge in [-0.2, -0.15) is 0 Å². The van der Waals surface area contributed by atoms with E-state index in [0.29, 0.717) is 13.0 Å². The van der Waals surface area contributed by atoms with E-state index in [4.69, 9.17) is 4.74 Å². The van der Waals surface area contributed by atoms with Gasteiger partial charge in [-0.25, -0.2) is 4.79 Å². The lowest BCUT2D eigenvalue weighted by Crippen LogP contribution is -2.41. The van der Waals surface area contributed by atoms with E-state index in [-0.39, 0.29) is 43.4 Å². The molecule has 2 aromatic carbocycles. The third-order valence-corrected chi connectivity index (χ3v) is 7.67. The number of alkyl carbamates (subject to hydrolysis) is 1. The summed E-state index contributed by atoms with van der Waals surface area (Å²) in [5.74, 6) is -1.19. The Kier molecular flexibility index (Phi) is 7.15. The van der Waals surface area contributed by atoms with Crippen LogP contribution in [-0.4, -0.2) is 53.7 Å². The topological polar surface area (TPSA) is 95.9 Å². The molecule has 1 fully saturated rings. The molecule has 0 aromatic heterocycles. The number of hydrogen-bond donors (Lipinski definition) is 2. The third kappa shape index (κ3) is 4.90. The minimum Gasteiger partial charge on any atom is -0.481 e. The highest BCUT2D eigenvalue weighted by Crippen LogP contribution is 2.44. The van der Waals surface area contributed by atoms with Crippen molar-refractivity contribution in [2.45, 2.75) is 52.0 Å². The van der Waals surface area contributed by atoms with Crippen molar-refractivity contribution < 1.29 is 24.2 Å². The summed E-state index contributed by atoms with van der Waals surface area (Å²) in [6.45, 7) is 6.35. The Hall–Kier alpha value is -3.35. The summed E-state index contributed by atoms with van der Waals surface area (Å²) < 4.78 is 5.65. The summed E-state index contributed by atoms with van der Waals surface area (Å²) in [5, 5.41) is 12.5. The highest BCUT2D eigenvalue weighted by molar-refractivity contribution is 5.82. The van der Waals surface area contributed by atoms with Gasteiger partial charge >= 0.3 is 12.1 Å². The fourth-order valence-corrected chi connectivity index (χ4v) is 5.34. The van der Waals surface area contributed by atoms with Gasteiger partial charge in [-0.1, -0.05) is 68.8 Å². The molecule has 7 nitrogen and oxygen atoms in total. The number of carboxylic acids is 1. The molecular weight excluding hydrogens is 444 g/mol. The molecule has 0 radical (unpaired) electrons. The standard InChI is InChI=1S/C28H34N2O5/c1-4-9-19(14-25(31)30-15-18(2)28(3,17-30)26(32)33)29-27(34)35-16-24-22-12-7-5-10-20(22)21-11-6-8-13-23(21)24/h5-8,10-13,18-19,24H,4,9,14-17H2,1-3H3,(H,29,34)(H,32,33)/t18-,19-,28-/m1/s1. The van der Waals surface area contributed by atoms with Crippen LogP contribution in [0.5, 0.6) is 0 Å². The van der Waals surface area contributed by atoms with Gasteiger partial charge in [0.1, 0.15) is 6.61 Å². The van der Waals surface area contributed by atoms with Crippen molar-refractivity contribution in [3.8, 4) is 11.1 Å². The van der Waals surface area contributed by atoms with Gasteiger partial charge in [0, 0.05) is 31.5 Å². The first-order chi connectivity index (χ1) is 16.7. The molecule has 2 N–H and O–H groups in total. The zero-order valence-electron chi connectivity index (χ0n) is 20.6. The van der Waals surface area contributed by atoms with Crippen LogP contribution in [0.3, 0.4) is 0 Å². The maximum atomic E-state index is 13.0. The lowest BCUT2D eigenvalue weighted by Gasteiger charge is -2.24. The fraction of sp³-hybridized carbons (Fsp3) is 0.464. The SMILES string of the molecule is CCC[C@H](CC(=O)N1C[C@@H](C)[C@](C)(C(=O)O)C1)NC(=O)OCC1c2ccccc2-c2ccccc21. The van der Waals surface area contributed by atoms with Crippen LogP contribution in [0.2, 0.25) is 0 Å². The van der Waals surface area contributed by atoms with Crippen molar-refractivity contribution >= 4 is 18.0 Å². The van der Waals surface area contributed by atoms with Crippen LogP contribution >= 0.6 is 0 Å². The van der Waals surface area contributed by atoms with Crippen LogP contribution in [0, 0.1) is 11.3 Å². The lowest BCUT2D eigenvalue weighted by molar-refractivity contribution is -0.149. The Morgan fingerprint density at radius 1 is 1.11 bits per heavy atom. The van der Waals surface area contributed by atoms with Crippen LogP contribution in [-0.2, 0) is 14.3 Å². The molecule has 4 rings (SSSR count). The molecular formula is C28H34N2O5. The number of hydrogen-bond acceptors (Lipinski definition) is 4. The number of fused-ring (bicyclic) bond motifs is 3. The zero-order chi connectivity index (χ0) is 25.2. The van der Waals surface area contributed by atoms with Crippen molar-refractivity contribution in [2.24, 2.45) is 11.3 Å². The fourth-order valence-electron chi connectivity index (χ4n) is 5.34. The number of aliphatic carboxylic acids is 1. The minimum atomic E-state index is -0.948. The van der Waals surface area contributed by atoms with Gasteiger partial charge < -0.3 is 20.1 Å². The smallest absolute Gasteiger partial charge is 0.407 e. The monoisotopic (exact) mass is 478 g/mol. The Labute approximate surface area is 206 Å². The molecule has 1 heterocycles. The summed E-state index contributed by atoms with van der Waals surface area (Å²) >= 11 is 0. The molecule has 2 aromatic rings. The van der Waals surface area contributed by atoms with Gasteiger partial charge in [0.2, 0.25) is 5.91 Å². The van der Waals surface area contributed by atoms with E-state index in [2.05, 4.69) is 29.6 Å². The molecule has 0 bridgehead atoms. The molecule has 7 heteroatoms. The van der Waals surface area contributed by atoms with Gasteiger partial charge in [0.15, 0.2) is 0 Å². The molecule has 2 aliphatic rings. The summed E-state index contributed by atoms with van der Waals surface area (Å²) in [6, 6.07) is 16.0. The van der Waals surface area contributed by atoms with Crippen LogP contribution in [0.25, 0.3) is 11.1 Å². The Morgan fingerprint density at radius 3 is 2.26 bits per heavy atom. The minimum absolute atomic E-state index is 0.0285. The van der Waals surface area contributed by atoms with Crippen molar-refractivity contribution in [1.29, 1.82) is 0 Å². The predicted octanol–water partition coefficient (Wildman–Crippen LogP) is 4.65. The van der Waals surface area contributed by atoms with Crippen LogP contribution in [0.15, 0.2) is 48.5 Å². The van der Waals surface area contributed by atoms with Crippen LogP contribution < -0.4 is 5.32 Å². The largest absolute Gasteiger partial charge is 0.481 e. The number of carboxylic acid groups (broad SMARTS) is 1. The van der Waals surface area contributed by atoms with Gasteiger partial charge in [-0.05, 0) is 41.5 Å². The van der Waals surface area contributed by atoms with Crippen LogP contribution in [0.1, 0.15) is 57.1 Å². The number of carbonyl (C=O) groups excluding carboxylic acids is 2. The molecule has 1 aliphatic heterocycles. The molecule has 0 unspecified atom stereocenters. The molecule has 1 aliphatic carbocycles. The van der Waals surface area contributed by atoms with Crippen LogP contribution in [0.4, 0.5) is 4.79 Å². The summed E-state index contributed by atoms with van der Waals surface area (Å²) in [7, 11) is 0. The van der Waals surface area contributed by atoms with E-state index in [9.17, 15) is 19.5 Å². The van der Waals surface area contributed by atoms with Gasteiger partial charge in [-0.15, -0.1) is 0 Å². The number of nitrogens with zero attached hydrogens (tertiary/aromatic N) is 1. The summed E-state index contributed by atoms with van der Waals surface area (Å²) in [4.78, 5) is 39.0. The molecule has 0 saturated carbocycles. The van der Waals surface area contributed by atoms with E-state index in [1.807, 2.05) is 38.1 Å². The second-order valence-corrected chi connectivity index (χ2v) is 10.1. The third-order valence-electron chi connectivity index (χ3n) is 7.67. The maximum Gasteiger partial charge on any atom is 0.407 e. The number of amides is 2. The van der Waals surface area contributed by atoms with E-state index < -0.39 is 17.5 Å². The number of ether oxygens (including phenoxy) is 1. The number of rotatable bonds is 8. The molecule has 3 atom stereocenters. The maximum absolute atomic E-state index is 13.0. The highest BCUT2D eigenvalue weighted by Gasteiger charge is 2.47. The Bertz CT molecular complexity index is 1070. The molecule has 35 heavy (non-hydrogen) atoms. The average molecular weight is 479 g/mol. The summed E-state index contributed by atoms with van der Waals surface area (Å²) in [5.41, 5.74) is 3.67. The van der Waals surface area contributed by atoms with Crippen molar-refractivity contribution in [3.05, 3.63) is 59.7 Å². The number of carbonyl (C=O) groups is 3. The predicted molar refractivity (Wildman–Crippen MR) is 133 cm³/mol. The summed E-state index contributed by atoms with van der Waals surface area (Å²) in [6.07, 6.45) is 1.02. The number of likely N-dealkylation sites (tertiary alicyclic amines) is 1. The van der Waals surface area contributed by atoms with E-state index >= 15 is 0 Å². The van der Waals surface area contributed by atoms with E-state index in [1.54, 1.807) is 11.8 Å². The van der Waals surface area contributed by atoms with Crippen molar-refractivity contribution in [1.82, 2.24) is 10.2 Å². The first-order valence-electron chi connectivity index (χ1n) is 12.4. The second kappa shape index (κ2) is 10.1. The second-order valence-electron chi connectivity index (χ2n) is 10.1. The Balaban J connectivity index is 1.36. The number of nitrogens with one attached hydrogen (secondary N) is 1. The zero-order valence-corrected chi connectivity index (χ0v) is 20.6. The molecule has 2 amide bonds. The first kappa shape index (κ1) is 24.8. The number of benzene rings is 2. The van der Waals surface area contributed by atoms with E-state index in [0.717, 1.165) is 17.5 Å².